The SMILES string of the molecule is CCCOc1cc(N)cc(-c2ccc(C)nc2)c1. The first-order valence-corrected chi connectivity index (χ1v) is 6.15. The van der Waals surface area contributed by atoms with Crippen molar-refractivity contribution in [1.29, 1.82) is 0 Å². The molecule has 1 aromatic heterocycles. The van der Waals surface area contributed by atoms with E-state index in [0.717, 1.165) is 29.0 Å². The van der Waals surface area contributed by atoms with E-state index in [1.807, 2.05) is 43.5 Å². The third kappa shape index (κ3) is 3.00. The van der Waals surface area contributed by atoms with Gasteiger partial charge in [0.1, 0.15) is 5.75 Å². The Balaban J connectivity index is 2.32. The molecule has 0 unspecified atom stereocenters. The quantitative estimate of drug-likeness (QED) is 0.835. The van der Waals surface area contributed by atoms with Crippen molar-refractivity contribution in [3.05, 3.63) is 42.2 Å². The normalized spacial score (nSPS) is 10.3. The van der Waals surface area contributed by atoms with E-state index in [0.29, 0.717) is 12.3 Å². The summed E-state index contributed by atoms with van der Waals surface area (Å²) in [5.41, 5.74) is 9.70. The van der Waals surface area contributed by atoms with Gasteiger partial charge in [-0.25, -0.2) is 0 Å². The lowest BCUT2D eigenvalue weighted by molar-refractivity contribution is 0.318. The van der Waals surface area contributed by atoms with Crippen molar-refractivity contribution in [2.24, 2.45) is 0 Å². The van der Waals surface area contributed by atoms with Gasteiger partial charge in [-0.2, -0.15) is 0 Å². The van der Waals surface area contributed by atoms with Crippen LogP contribution in [0, 0.1) is 6.92 Å². The largest absolute Gasteiger partial charge is 0.494 e. The van der Waals surface area contributed by atoms with E-state index in [9.17, 15) is 0 Å². The predicted octanol–water partition coefficient (Wildman–Crippen LogP) is 3.43. The molecule has 3 nitrogen and oxygen atoms in total. The maximum Gasteiger partial charge on any atom is 0.121 e. The molecule has 0 atom stereocenters. The molecule has 1 aromatic carbocycles. The van der Waals surface area contributed by atoms with Crippen molar-refractivity contribution in [2.45, 2.75) is 20.3 Å². The van der Waals surface area contributed by atoms with Crippen LogP contribution in [0.5, 0.6) is 5.75 Å². The van der Waals surface area contributed by atoms with Gasteiger partial charge < -0.3 is 10.5 Å². The molecule has 0 aliphatic heterocycles. The second kappa shape index (κ2) is 5.54. The Labute approximate surface area is 108 Å². The summed E-state index contributed by atoms with van der Waals surface area (Å²) >= 11 is 0. The molecule has 0 bridgehead atoms. The fourth-order valence-electron chi connectivity index (χ4n) is 1.73. The highest BCUT2D eigenvalue weighted by Gasteiger charge is 2.03. The average molecular weight is 242 g/mol. The molecule has 0 aliphatic carbocycles. The van der Waals surface area contributed by atoms with E-state index in [1.165, 1.54) is 0 Å². The first kappa shape index (κ1) is 12.4. The highest BCUT2D eigenvalue weighted by atomic mass is 16.5. The number of rotatable bonds is 4. The Morgan fingerprint density at radius 3 is 2.67 bits per heavy atom. The topological polar surface area (TPSA) is 48.1 Å². The van der Waals surface area contributed by atoms with Crippen molar-refractivity contribution in [2.75, 3.05) is 12.3 Å². The van der Waals surface area contributed by atoms with Crippen LogP contribution in [0.3, 0.4) is 0 Å². The van der Waals surface area contributed by atoms with Crippen LogP contribution in [0.1, 0.15) is 19.0 Å². The Morgan fingerprint density at radius 1 is 1.17 bits per heavy atom. The van der Waals surface area contributed by atoms with Crippen LogP contribution in [0.2, 0.25) is 0 Å². The summed E-state index contributed by atoms with van der Waals surface area (Å²) < 4.78 is 5.62. The first-order chi connectivity index (χ1) is 8.69. The summed E-state index contributed by atoms with van der Waals surface area (Å²) in [6.07, 6.45) is 2.84. The summed E-state index contributed by atoms with van der Waals surface area (Å²) in [6.45, 7) is 4.76. The van der Waals surface area contributed by atoms with Crippen LogP contribution >= 0.6 is 0 Å². The van der Waals surface area contributed by atoms with E-state index >= 15 is 0 Å². The Morgan fingerprint density at radius 2 is 2.00 bits per heavy atom. The number of pyridine rings is 1. The lowest BCUT2D eigenvalue weighted by Crippen LogP contribution is -1.97. The van der Waals surface area contributed by atoms with Gasteiger partial charge in [0.05, 0.1) is 6.61 Å². The fourth-order valence-corrected chi connectivity index (χ4v) is 1.73. The minimum absolute atomic E-state index is 0.703. The van der Waals surface area contributed by atoms with Gasteiger partial charge in [-0.3, -0.25) is 4.98 Å². The number of hydrogen-bond donors (Lipinski definition) is 1. The molecule has 2 rings (SSSR count). The Hall–Kier alpha value is -2.03. The van der Waals surface area contributed by atoms with E-state index in [4.69, 9.17) is 10.5 Å². The van der Waals surface area contributed by atoms with Crippen LogP contribution in [0.15, 0.2) is 36.5 Å². The van der Waals surface area contributed by atoms with Gasteiger partial charge in [0.2, 0.25) is 0 Å². The highest BCUT2D eigenvalue weighted by molar-refractivity contribution is 5.69. The zero-order chi connectivity index (χ0) is 13.0. The van der Waals surface area contributed by atoms with Crippen LogP contribution in [0.4, 0.5) is 5.69 Å². The first-order valence-electron chi connectivity index (χ1n) is 6.15. The molecule has 94 valence electrons. The summed E-state index contributed by atoms with van der Waals surface area (Å²) in [5, 5.41) is 0. The molecule has 3 heteroatoms. The minimum Gasteiger partial charge on any atom is -0.494 e. The van der Waals surface area contributed by atoms with Gasteiger partial charge in [0, 0.05) is 29.2 Å². The molecule has 2 aromatic rings. The Bertz CT molecular complexity index is 521. The van der Waals surface area contributed by atoms with Gasteiger partial charge in [-0.05, 0) is 37.1 Å². The molecule has 0 saturated carbocycles. The standard InChI is InChI=1S/C15H18N2O/c1-3-6-18-15-8-13(7-14(16)9-15)12-5-4-11(2)17-10-12/h4-5,7-10H,3,6,16H2,1-2H3. The van der Waals surface area contributed by atoms with E-state index in [-0.39, 0.29) is 0 Å². The van der Waals surface area contributed by atoms with E-state index in [1.54, 1.807) is 0 Å². The predicted molar refractivity (Wildman–Crippen MR) is 74.6 cm³/mol. The molecule has 0 radical (unpaired) electrons. The molecular weight excluding hydrogens is 224 g/mol. The van der Waals surface area contributed by atoms with Crippen molar-refractivity contribution in [3.63, 3.8) is 0 Å². The zero-order valence-electron chi connectivity index (χ0n) is 10.8. The molecule has 0 aliphatic rings. The maximum absolute atomic E-state index is 5.90. The number of aromatic nitrogens is 1. The van der Waals surface area contributed by atoms with E-state index in [2.05, 4.69) is 11.9 Å². The summed E-state index contributed by atoms with van der Waals surface area (Å²) in [6, 6.07) is 9.82. The van der Waals surface area contributed by atoms with Gasteiger partial charge in [-0.15, -0.1) is 0 Å². The van der Waals surface area contributed by atoms with Crippen molar-refractivity contribution in [1.82, 2.24) is 4.98 Å². The van der Waals surface area contributed by atoms with Crippen molar-refractivity contribution >= 4 is 5.69 Å². The lowest BCUT2D eigenvalue weighted by Gasteiger charge is -2.09. The molecule has 2 N–H and O–H groups in total. The molecular formula is C15H18N2O. The second-order valence-electron chi connectivity index (χ2n) is 4.33. The van der Waals surface area contributed by atoms with Gasteiger partial charge in [-0.1, -0.05) is 13.0 Å². The van der Waals surface area contributed by atoms with Gasteiger partial charge in [0.25, 0.3) is 0 Å². The number of nitrogen functional groups attached to an aromatic ring is 1. The summed E-state index contributed by atoms with van der Waals surface area (Å²) in [4.78, 5) is 4.30. The minimum atomic E-state index is 0.703. The third-order valence-electron chi connectivity index (χ3n) is 2.65. The number of hydrogen-bond acceptors (Lipinski definition) is 3. The molecule has 1 heterocycles. The second-order valence-corrected chi connectivity index (χ2v) is 4.33. The molecule has 0 spiro atoms. The van der Waals surface area contributed by atoms with Crippen LogP contribution < -0.4 is 10.5 Å². The summed E-state index contributed by atoms with van der Waals surface area (Å²) in [5.74, 6) is 0.812. The molecule has 18 heavy (non-hydrogen) atoms. The number of nitrogens with two attached hydrogens (primary N) is 1. The van der Waals surface area contributed by atoms with Crippen LogP contribution in [-0.2, 0) is 0 Å². The van der Waals surface area contributed by atoms with Crippen molar-refractivity contribution < 1.29 is 4.74 Å². The number of anilines is 1. The number of ether oxygens (including phenoxy) is 1. The smallest absolute Gasteiger partial charge is 0.121 e. The molecule has 0 fully saturated rings. The van der Waals surface area contributed by atoms with Gasteiger partial charge in [0.15, 0.2) is 0 Å². The molecule has 0 saturated heterocycles. The van der Waals surface area contributed by atoms with Crippen LogP contribution in [-0.4, -0.2) is 11.6 Å². The summed E-state index contributed by atoms with van der Waals surface area (Å²) in [7, 11) is 0. The third-order valence-corrected chi connectivity index (χ3v) is 2.65. The maximum atomic E-state index is 5.90. The Kier molecular flexibility index (Phi) is 3.82. The highest BCUT2D eigenvalue weighted by Crippen LogP contribution is 2.27. The number of nitrogens with zero attached hydrogens (tertiary/aromatic N) is 1. The number of benzene rings is 1. The average Bonchev–Trinajstić information content (AvgIpc) is 2.36. The van der Waals surface area contributed by atoms with E-state index < -0.39 is 0 Å². The number of aryl methyl sites for hydroxylation is 1. The van der Waals surface area contributed by atoms with Gasteiger partial charge >= 0.3 is 0 Å². The zero-order valence-corrected chi connectivity index (χ0v) is 10.8. The fraction of sp³-hybridized carbons (Fsp3) is 0.267. The van der Waals surface area contributed by atoms with Crippen LogP contribution in [0.25, 0.3) is 11.1 Å². The monoisotopic (exact) mass is 242 g/mol. The molecule has 0 amide bonds. The van der Waals surface area contributed by atoms with Crippen molar-refractivity contribution in [3.8, 4) is 16.9 Å². The lowest BCUT2D eigenvalue weighted by atomic mass is 10.1.